The summed E-state index contributed by atoms with van der Waals surface area (Å²) in [6.45, 7) is 4.14. The van der Waals surface area contributed by atoms with Crippen molar-refractivity contribution in [2.75, 3.05) is 6.54 Å². The molecule has 0 aliphatic carbocycles. The summed E-state index contributed by atoms with van der Waals surface area (Å²) in [5.41, 5.74) is 1.15. The molecule has 1 aromatic rings. The van der Waals surface area contributed by atoms with Crippen molar-refractivity contribution in [3.05, 3.63) is 35.9 Å². The molecule has 2 N–H and O–H groups in total. The summed E-state index contributed by atoms with van der Waals surface area (Å²) in [4.78, 5) is 0. The first-order chi connectivity index (χ1) is 10.9. The number of hydrogen-bond acceptors (Lipinski definition) is 4. The lowest BCUT2D eigenvalue weighted by Gasteiger charge is -2.25. The fourth-order valence-corrected chi connectivity index (χ4v) is 3.28. The van der Waals surface area contributed by atoms with Gasteiger partial charge < -0.3 is 9.47 Å². The maximum absolute atomic E-state index is 10.8. The van der Waals surface area contributed by atoms with Gasteiger partial charge in [-0.25, -0.2) is 0 Å². The SMILES string of the molecule is CCC1(CC)OC(CCNS(=O)(=O)O)C(Cc2ccccc2)O1. The molecule has 23 heavy (non-hydrogen) atoms. The van der Waals surface area contributed by atoms with Crippen LogP contribution in [0.2, 0.25) is 0 Å². The predicted octanol–water partition coefficient (Wildman–Crippen LogP) is 2.31. The normalized spacial score (nSPS) is 24.0. The molecule has 2 unspecified atom stereocenters. The van der Waals surface area contributed by atoms with Crippen molar-refractivity contribution in [2.45, 2.75) is 57.5 Å². The largest absolute Gasteiger partial charge is 0.344 e. The van der Waals surface area contributed by atoms with Crippen molar-refractivity contribution in [1.29, 1.82) is 0 Å². The molecule has 1 saturated heterocycles. The van der Waals surface area contributed by atoms with Gasteiger partial charge in [-0.3, -0.25) is 4.55 Å². The molecule has 1 aliphatic heterocycles. The van der Waals surface area contributed by atoms with Crippen LogP contribution in [0.25, 0.3) is 0 Å². The zero-order chi connectivity index (χ0) is 16.9. The Balaban J connectivity index is 2.05. The maximum Gasteiger partial charge on any atom is 0.333 e. The highest BCUT2D eigenvalue weighted by Gasteiger charge is 2.44. The Morgan fingerprint density at radius 2 is 1.74 bits per heavy atom. The highest BCUT2D eigenvalue weighted by atomic mass is 32.2. The van der Waals surface area contributed by atoms with Gasteiger partial charge in [0.25, 0.3) is 0 Å². The molecule has 6 nitrogen and oxygen atoms in total. The van der Waals surface area contributed by atoms with E-state index in [9.17, 15) is 8.42 Å². The van der Waals surface area contributed by atoms with Crippen LogP contribution in [0.5, 0.6) is 0 Å². The van der Waals surface area contributed by atoms with E-state index in [0.29, 0.717) is 12.8 Å². The van der Waals surface area contributed by atoms with E-state index in [1.54, 1.807) is 0 Å². The fourth-order valence-electron chi connectivity index (χ4n) is 2.91. The van der Waals surface area contributed by atoms with E-state index in [0.717, 1.165) is 18.4 Å². The van der Waals surface area contributed by atoms with Crippen LogP contribution in [0, 0.1) is 0 Å². The lowest BCUT2D eigenvalue weighted by molar-refractivity contribution is -0.179. The monoisotopic (exact) mass is 343 g/mol. The van der Waals surface area contributed by atoms with E-state index in [-0.39, 0.29) is 18.8 Å². The van der Waals surface area contributed by atoms with E-state index < -0.39 is 16.1 Å². The van der Waals surface area contributed by atoms with Crippen molar-refractivity contribution in [1.82, 2.24) is 4.72 Å². The number of rotatable bonds is 8. The highest BCUT2D eigenvalue weighted by molar-refractivity contribution is 7.83. The first kappa shape index (κ1) is 18.4. The molecule has 0 aromatic heterocycles. The topological polar surface area (TPSA) is 84.9 Å². The van der Waals surface area contributed by atoms with E-state index in [2.05, 4.69) is 4.72 Å². The Morgan fingerprint density at radius 1 is 1.13 bits per heavy atom. The van der Waals surface area contributed by atoms with E-state index in [4.69, 9.17) is 14.0 Å². The van der Waals surface area contributed by atoms with Gasteiger partial charge in [-0.05, 0) is 24.8 Å². The quantitative estimate of drug-likeness (QED) is 0.708. The van der Waals surface area contributed by atoms with Gasteiger partial charge in [-0.15, -0.1) is 0 Å². The third kappa shape index (κ3) is 5.26. The van der Waals surface area contributed by atoms with Gasteiger partial charge in [0.2, 0.25) is 0 Å². The second-order valence-electron chi connectivity index (χ2n) is 5.78. The smallest absolute Gasteiger partial charge is 0.333 e. The zero-order valence-electron chi connectivity index (χ0n) is 13.6. The Morgan fingerprint density at radius 3 is 2.30 bits per heavy atom. The van der Waals surface area contributed by atoms with Crippen molar-refractivity contribution < 1.29 is 22.4 Å². The first-order valence-corrected chi connectivity index (χ1v) is 9.43. The molecule has 0 spiro atoms. The standard InChI is InChI=1S/C16H25NO5S/c1-3-16(4-2)21-14(10-11-17-23(18,19)20)15(22-16)12-13-8-6-5-7-9-13/h5-9,14-15,17H,3-4,10-12H2,1-2H3,(H,18,19,20). The van der Waals surface area contributed by atoms with Crippen molar-refractivity contribution >= 4 is 10.3 Å². The summed E-state index contributed by atoms with van der Waals surface area (Å²) in [5, 5.41) is 0. The lowest BCUT2D eigenvalue weighted by atomic mass is 10.0. The molecule has 1 aromatic carbocycles. The van der Waals surface area contributed by atoms with Crippen LogP contribution in [-0.2, 0) is 26.2 Å². The summed E-state index contributed by atoms with van der Waals surface area (Å²) in [6, 6.07) is 9.99. The van der Waals surface area contributed by atoms with Crippen LogP contribution in [0.15, 0.2) is 30.3 Å². The summed E-state index contributed by atoms with van der Waals surface area (Å²) >= 11 is 0. The number of hydrogen-bond donors (Lipinski definition) is 2. The Labute approximate surface area is 138 Å². The lowest BCUT2D eigenvalue weighted by Crippen LogP contribution is -2.31. The van der Waals surface area contributed by atoms with Gasteiger partial charge in [-0.2, -0.15) is 13.1 Å². The second-order valence-corrected chi connectivity index (χ2v) is 7.02. The predicted molar refractivity (Wildman–Crippen MR) is 87.4 cm³/mol. The molecule has 0 saturated carbocycles. The van der Waals surface area contributed by atoms with Crippen LogP contribution in [0.4, 0.5) is 0 Å². The molecule has 0 bridgehead atoms. The maximum atomic E-state index is 10.8. The average Bonchev–Trinajstić information content (AvgIpc) is 2.86. The Kier molecular flexibility index (Phi) is 6.16. The molecule has 2 atom stereocenters. The summed E-state index contributed by atoms with van der Waals surface area (Å²) < 4.78 is 44.7. The Bertz CT molecular complexity index is 586. The molecule has 2 rings (SSSR count). The third-order valence-electron chi connectivity index (χ3n) is 4.22. The van der Waals surface area contributed by atoms with E-state index in [1.165, 1.54) is 0 Å². The van der Waals surface area contributed by atoms with Gasteiger partial charge in [-0.1, -0.05) is 44.2 Å². The molecular formula is C16H25NO5S. The minimum atomic E-state index is -4.18. The van der Waals surface area contributed by atoms with Crippen molar-refractivity contribution in [3.63, 3.8) is 0 Å². The van der Waals surface area contributed by atoms with Gasteiger partial charge in [0, 0.05) is 13.0 Å². The number of benzene rings is 1. The van der Waals surface area contributed by atoms with Crippen LogP contribution >= 0.6 is 0 Å². The van der Waals surface area contributed by atoms with Crippen LogP contribution in [0.1, 0.15) is 38.7 Å². The first-order valence-electron chi connectivity index (χ1n) is 7.99. The number of ether oxygens (including phenoxy) is 2. The molecule has 1 fully saturated rings. The second kappa shape index (κ2) is 7.72. The Hall–Kier alpha value is -0.990. The van der Waals surface area contributed by atoms with Gasteiger partial charge >= 0.3 is 10.3 Å². The minimum absolute atomic E-state index is 0.113. The number of nitrogens with one attached hydrogen (secondary N) is 1. The molecule has 0 amide bonds. The van der Waals surface area contributed by atoms with Crippen LogP contribution < -0.4 is 4.72 Å². The summed E-state index contributed by atoms with van der Waals surface area (Å²) in [7, 11) is -4.18. The molecule has 130 valence electrons. The summed E-state index contributed by atoms with van der Waals surface area (Å²) in [6.07, 6.45) is 2.26. The molecule has 7 heteroatoms. The minimum Gasteiger partial charge on any atom is -0.344 e. The van der Waals surface area contributed by atoms with Crippen LogP contribution in [-0.4, -0.2) is 37.5 Å². The molecular weight excluding hydrogens is 318 g/mol. The zero-order valence-corrected chi connectivity index (χ0v) is 14.4. The average molecular weight is 343 g/mol. The molecule has 0 radical (unpaired) electrons. The van der Waals surface area contributed by atoms with Gasteiger partial charge in [0.1, 0.15) is 0 Å². The van der Waals surface area contributed by atoms with Crippen molar-refractivity contribution in [3.8, 4) is 0 Å². The molecule has 1 heterocycles. The van der Waals surface area contributed by atoms with Crippen LogP contribution in [0.3, 0.4) is 0 Å². The van der Waals surface area contributed by atoms with Gasteiger partial charge in [0.05, 0.1) is 12.2 Å². The fraction of sp³-hybridized carbons (Fsp3) is 0.625. The summed E-state index contributed by atoms with van der Waals surface area (Å²) in [5.74, 6) is -0.609. The molecule has 1 aliphatic rings. The highest BCUT2D eigenvalue weighted by Crippen LogP contribution is 2.36. The van der Waals surface area contributed by atoms with Gasteiger partial charge in [0.15, 0.2) is 5.79 Å². The van der Waals surface area contributed by atoms with E-state index >= 15 is 0 Å². The van der Waals surface area contributed by atoms with Crippen molar-refractivity contribution in [2.24, 2.45) is 0 Å². The third-order valence-corrected chi connectivity index (χ3v) is 4.79. The van der Waals surface area contributed by atoms with E-state index in [1.807, 2.05) is 44.2 Å².